The smallest absolute Gasteiger partial charge is 0.238 e. The van der Waals surface area contributed by atoms with E-state index in [1.807, 2.05) is 36.4 Å². The molecule has 14 aromatic rings. The van der Waals surface area contributed by atoms with E-state index in [4.69, 9.17) is 15.0 Å². The SMILES string of the molecule is CC1(C)c2ccccc2-c2cc3c4cc(-c5ccc6c7cc(C8=CC=c9c(n(-c%10ccccc%10)c%10ccccc9%10)=CC8)ccc7n(-c7ccccc7)c6c5)ccc4n(-c4nc(-c5ccccc5)nc(-c5ccccc5)n4)c3cc21. The van der Waals surface area contributed by atoms with Crippen LogP contribution in [0, 0.1) is 0 Å². The van der Waals surface area contributed by atoms with Gasteiger partial charge in [-0.3, -0.25) is 4.57 Å². The lowest BCUT2D eigenvalue weighted by atomic mass is 9.82. The van der Waals surface area contributed by atoms with Crippen LogP contribution in [0.1, 0.15) is 37.0 Å². The fourth-order valence-electron chi connectivity index (χ4n) is 13.0. The summed E-state index contributed by atoms with van der Waals surface area (Å²) in [5.74, 6) is 1.84. The summed E-state index contributed by atoms with van der Waals surface area (Å²) in [5.41, 5.74) is 19.6. The van der Waals surface area contributed by atoms with E-state index in [9.17, 15) is 0 Å². The van der Waals surface area contributed by atoms with Crippen LogP contribution in [0.5, 0.6) is 0 Å². The summed E-state index contributed by atoms with van der Waals surface area (Å²) in [5, 5.41) is 8.46. The van der Waals surface area contributed by atoms with Crippen LogP contribution in [0.4, 0.5) is 0 Å². The van der Waals surface area contributed by atoms with E-state index in [0.717, 1.165) is 61.7 Å². The number of fused-ring (bicyclic) bond motifs is 12. The summed E-state index contributed by atoms with van der Waals surface area (Å²) < 4.78 is 7.11. The van der Waals surface area contributed by atoms with Gasteiger partial charge in [0.15, 0.2) is 11.6 Å². The van der Waals surface area contributed by atoms with Gasteiger partial charge < -0.3 is 9.13 Å². The van der Waals surface area contributed by atoms with Crippen LogP contribution in [0.3, 0.4) is 0 Å². The summed E-state index contributed by atoms with van der Waals surface area (Å²) in [6.07, 6.45) is 7.89. The molecule has 0 fully saturated rings. The number of benzene rings is 10. The Morgan fingerprint density at radius 3 is 1.63 bits per heavy atom. The first-order valence-electron chi connectivity index (χ1n) is 27.2. The van der Waals surface area contributed by atoms with Crippen LogP contribution in [0.15, 0.2) is 243 Å². The van der Waals surface area contributed by atoms with Crippen molar-refractivity contribution in [2.75, 3.05) is 0 Å². The van der Waals surface area contributed by atoms with Crippen molar-refractivity contribution in [1.82, 2.24) is 28.7 Å². The maximum Gasteiger partial charge on any atom is 0.238 e. The van der Waals surface area contributed by atoms with Crippen molar-refractivity contribution < 1.29 is 0 Å². The molecule has 0 saturated carbocycles. The van der Waals surface area contributed by atoms with Gasteiger partial charge in [0.25, 0.3) is 0 Å². The van der Waals surface area contributed by atoms with Crippen LogP contribution in [0.2, 0.25) is 0 Å². The van der Waals surface area contributed by atoms with E-state index in [1.165, 1.54) is 76.8 Å². The molecule has 0 atom stereocenters. The molecule has 4 aromatic heterocycles. The van der Waals surface area contributed by atoms with Gasteiger partial charge in [0.2, 0.25) is 5.95 Å². The fourth-order valence-corrected chi connectivity index (χ4v) is 13.0. The molecule has 2 aliphatic carbocycles. The number of hydrogen-bond donors (Lipinski definition) is 0. The molecule has 0 bridgehead atoms. The van der Waals surface area contributed by atoms with Crippen LogP contribution >= 0.6 is 0 Å². The molecule has 16 rings (SSSR count). The average molecular weight is 1010 g/mol. The van der Waals surface area contributed by atoms with Gasteiger partial charge in [0.1, 0.15) is 0 Å². The van der Waals surface area contributed by atoms with Crippen LogP contribution in [-0.2, 0) is 5.41 Å². The molecule has 0 N–H and O–H groups in total. The second-order valence-electron chi connectivity index (χ2n) is 21.6. The molecule has 79 heavy (non-hydrogen) atoms. The maximum atomic E-state index is 5.32. The lowest BCUT2D eigenvalue weighted by Gasteiger charge is -2.21. The predicted octanol–water partition coefficient (Wildman–Crippen LogP) is 16.4. The second-order valence-corrected chi connectivity index (χ2v) is 21.6. The van der Waals surface area contributed by atoms with E-state index in [1.54, 1.807) is 0 Å². The number of para-hydroxylation sites is 3. The van der Waals surface area contributed by atoms with E-state index < -0.39 is 0 Å². The zero-order valence-electron chi connectivity index (χ0n) is 43.6. The Labute approximate surface area is 456 Å². The molecule has 0 saturated heterocycles. The van der Waals surface area contributed by atoms with E-state index in [0.29, 0.717) is 17.6 Å². The van der Waals surface area contributed by atoms with Crippen molar-refractivity contribution in [2.45, 2.75) is 25.7 Å². The third kappa shape index (κ3) is 7.01. The highest BCUT2D eigenvalue weighted by Crippen LogP contribution is 2.51. The minimum absolute atomic E-state index is 0.207. The van der Waals surface area contributed by atoms with Gasteiger partial charge in [-0.05, 0) is 124 Å². The second kappa shape index (κ2) is 17.4. The van der Waals surface area contributed by atoms with Gasteiger partial charge in [-0.1, -0.05) is 196 Å². The maximum absolute atomic E-state index is 5.32. The van der Waals surface area contributed by atoms with Gasteiger partial charge in [-0.2, -0.15) is 9.97 Å². The minimum atomic E-state index is -0.207. The van der Waals surface area contributed by atoms with Crippen LogP contribution < -0.4 is 10.6 Å². The Kier molecular flexibility index (Phi) is 9.94. The zero-order valence-corrected chi connectivity index (χ0v) is 43.6. The van der Waals surface area contributed by atoms with Gasteiger partial charge in [0.05, 0.1) is 32.9 Å². The van der Waals surface area contributed by atoms with Crippen molar-refractivity contribution in [2.24, 2.45) is 0 Å². The fraction of sp³-hybridized carbons (Fsp3) is 0.0548. The summed E-state index contributed by atoms with van der Waals surface area (Å²) in [4.78, 5) is 15.7. The van der Waals surface area contributed by atoms with E-state index >= 15 is 0 Å². The Morgan fingerprint density at radius 2 is 0.899 bits per heavy atom. The molecule has 4 heterocycles. The number of hydrogen-bond acceptors (Lipinski definition) is 3. The first-order valence-corrected chi connectivity index (χ1v) is 27.2. The first-order chi connectivity index (χ1) is 38.9. The standard InChI is InChI=1S/C73H50N6/c1-73(2)62-29-17-15-27-54(62)58-44-61-60-42-50(35-40-67(60)79(69(61)45-63(58)73)72-75-70(47-19-7-3-8-20-47)74-71(76-72)48-21-9-4-10-22-48)51-32-37-57-59-41-49(34-39-66(59)78(68(57)43-51)53-25-13-6-14-26-53)46-31-36-56-55-28-16-18-30-64(55)77(65(56)38-33-46)52-23-11-5-12-24-52/h3-32,34-45H,33H2,1-2H3. The highest BCUT2D eigenvalue weighted by atomic mass is 15.2. The van der Waals surface area contributed by atoms with E-state index in [-0.39, 0.29) is 5.41 Å². The number of rotatable bonds is 7. The molecule has 0 aliphatic heterocycles. The molecule has 0 amide bonds. The highest BCUT2D eigenvalue weighted by molar-refractivity contribution is 6.14. The quantitative estimate of drug-likeness (QED) is 0.160. The zero-order chi connectivity index (χ0) is 52.3. The Morgan fingerprint density at radius 1 is 0.354 bits per heavy atom. The minimum Gasteiger partial charge on any atom is -0.310 e. The summed E-state index contributed by atoms with van der Waals surface area (Å²) in [6.45, 7) is 4.69. The van der Waals surface area contributed by atoms with Gasteiger partial charge >= 0.3 is 0 Å². The monoisotopic (exact) mass is 1010 g/mol. The molecular formula is C73H50N6. The van der Waals surface area contributed by atoms with Crippen molar-refractivity contribution in [3.8, 4) is 62.4 Å². The topological polar surface area (TPSA) is 53.5 Å². The van der Waals surface area contributed by atoms with Crippen LogP contribution in [-0.4, -0.2) is 28.7 Å². The molecule has 0 radical (unpaired) electrons. The molecule has 10 aromatic carbocycles. The van der Waals surface area contributed by atoms with Crippen molar-refractivity contribution >= 4 is 72.2 Å². The molecule has 0 spiro atoms. The lowest BCUT2D eigenvalue weighted by molar-refractivity contribution is 0.661. The number of aromatic nitrogens is 6. The molecule has 6 heteroatoms. The average Bonchev–Trinajstić information content (AvgIpc) is 4.31. The Bertz CT molecular complexity index is 4930. The lowest BCUT2D eigenvalue weighted by Crippen LogP contribution is -2.27. The number of allylic oxidation sites excluding steroid dienone is 2. The highest BCUT2D eigenvalue weighted by Gasteiger charge is 2.36. The molecular weight excluding hydrogens is 961 g/mol. The third-order valence-electron chi connectivity index (χ3n) is 16.8. The molecule has 0 unspecified atom stereocenters. The van der Waals surface area contributed by atoms with Gasteiger partial charge in [-0.15, -0.1) is 0 Å². The normalized spacial score (nSPS) is 13.5. The van der Waals surface area contributed by atoms with Crippen molar-refractivity contribution in [1.29, 1.82) is 0 Å². The molecule has 372 valence electrons. The summed E-state index contributed by atoms with van der Waals surface area (Å²) >= 11 is 0. The van der Waals surface area contributed by atoms with Crippen molar-refractivity contribution in [3.05, 3.63) is 270 Å². The third-order valence-corrected chi connectivity index (χ3v) is 16.8. The predicted molar refractivity (Wildman–Crippen MR) is 326 cm³/mol. The van der Waals surface area contributed by atoms with Gasteiger partial charge in [0, 0.05) is 60.1 Å². The number of nitrogens with zero attached hydrogens (tertiary/aromatic N) is 6. The summed E-state index contributed by atoms with van der Waals surface area (Å²) in [7, 11) is 0. The summed E-state index contributed by atoms with van der Waals surface area (Å²) in [6, 6.07) is 85.5. The van der Waals surface area contributed by atoms with Crippen LogP contribution in [0.25, 0.3) is 135 Å². The molecule has 2 aliphatic rings. The molecule has 6 nitrogen and oxygen atoms in total. The first kappa shape index (κ1) is 45.1. The van der Waals surface area contributed by atoms with Crippen molar-refractivity contribution in [3.63, 3.8) is 0 Å². The van der Waals surface area contributed by atoms with Gasteiger partial charge in [-0.25, -0.2) is 4.98 Å². The largest absolute Gasteiger partial charge is 0.310 e. The van der Waals surface area contributed by atoms with E-state index in [2.05, 4.69) is 246 Å². The Balaban J connectivity index is 0.875. The Hall–Kier alpha value is -10.2.